The standard InChI is InChI=1S/C25H26N4O3/c1-16-7-6-10-21-22(16)27-25(32-21)28-12-13-29(18(3)17(2)15-28)24(30)20-9-5-4-8-19(20)23-26-11-14-31-23/h4-11,14,17-18H,12-13,15H2,1-3H3. The molecule has 0 N–H and O–H groups in total. The van der Waals surface area contributed by atoms with E-state index in [1.165, 1.54) is 6.26 Å². The summed E-state index contributed by atoms with van der Waals surface area (Å²) in [5.41, 5.74) is 4.07. The Morgan fingerprint density at radius 2 is 1.94 bits per heavy atom. The van der Waals surface area contributed by atoms with Gasteiger partial charge in [-0.25, -0.2) is 4.98 Å². The Morgan fingerprint density at radius 3 is 2.72 bits per heavy atom. The fraction of sp³-hybridized carbons (Fsp3) is 0.320. The normalized spacial score (nSPS) is 19.3. The Kier molecular flexibility index (Phi) is 5.17. The number of aromatic nitrogens is 2. The number of rotatable bonds is 3. The number of aryl methyl sites for hydroxylation is 1. The molecular formula is C25H26N4O3. The lowest BCUT2D eigenvalue weighted by Gasteiger charge is -2.30. The summed E-state index contributed by atoms with van der Waals surface area (Å²) in [5, 5.41) is 0. The molecule has 1 saturated heterocycles. The number of fused-ring (bicyclic) bond motifs is 1. The second-order valence-corrected chi connectivity index (χ2v) is 8.46. The minimum absolute atomic E-state index is 0.0200. The summed E-state index contributed by atoms with van der Waals surface area (Å²) >= 11 is 0. The van der Waals surface area contributed by atoms with Gasteiger partial charge in [-0.2, -0.15) is 4.98 Å². The van der Waals surface area contributed by atoms with E-state index in [9.17, 15) is 4.79 Å². The summed E-state index contributed by atoms with van der Waals surface area (Å²) in [6.07, 6.45) is 3.11. The van der Waals surface area contributed by atoms with Gasteiger partial charge in [-0.1, -0.05) is 31.2 Å². The first-order valence-electron chi connectivity index (χ1n) is 10.9. The molecule has 5 rings (SSSR count). The number of carbonyl (C=O) groups excluding carboxylic acids is 1. The number of anilines is 1. The van der Waals surface area contributed by atoms with E-state index in [2.05, 4.69) is 23.7 Å². The van der Waals surface area contributed by atoms with Gasteiger partial charge in [0.15, 0.2) is 5.58 Å². The van der Waals surface area contributed by atoms with Crippen LogP contribution in [0, 0.1) is 12.8 Å². The van der Waals surface area contributed by atoms with Crippen LogP contribution in [-0.4, -0.2) is 46.5 Å². The highest BCUT2D eigenvalue weighted by molar-refractivity contribution is 6.00. The van der Waals surface area contributed by atoms with E-state index in [0.29, 0.717) is 36.1 Å². The summed E-state index contributed by atoms with van der Waals surface area (Å²) in [5.74, 6) is 0.660. The highest BCUT2D eigenvalue weighted by Gasteiger charge is 2.33. The smallest absolute Gasteiger partial charge is 0.298 e. The second kappa shape index (κ2) is 8.15. The van der Waals surface area contributed by atoms with Crippen molar-refractivity contribution in [3.63, 3.8) is 0 Å². The van der Waals surface area contributed by atoms with Crippen molar-refractivity contribution in [2.45, 2.75) is 26.8 Å². The van der Waals surface area contributed by atoms with E-state index in [1.807, 2.05) is 54.3 Å². The van der Waals surface area contributed by atoms with Crippen molar-refractivity contribution in [2.75, 3.05) is 24.5 Å². The molecule has 4 aromatic rings. The molecule has 2 aromatic heterocycles. The Bertz CT molecular complexity index is 1250. The molecular weight excluding hydrogens is 404 g/mol. The molecule has 0 saturated carbocycles. The van der Waals surface area contributed by atoms with Crippen molar-refractivity contribution in [1.82, 2.24) is 14.9 Å². The molecule has 3 heterocycles. The molecule has 0 aliphatic carbocycles. The van der Waals surface area contributed by atoms with Crippen LogP contribution in [-0.2, 0) is 0 Å². The zero-order valence-electron chi connectivity index (χ0n) is 18.5. The maximum atomic E-state index is 13.7. The maximum absolute atomic E-state index is 13.7. The number of oxazole rings is 2. The van der Waals surface area contributed by atoms with E-state index in [0.717, 1.165) is 23.2 Å². The third-order valence-electron chi connectivity index (χ3n) is 6.40. The van der Waals surface area contributed by atoms with Crippen LogP contribution in [0.15, 0.2) is 63.8 Å². The highest BCUT2D eigenvalue weighted by atomic mass is 16.4. The molecule has 1 aliphatic heterocycles. The zero-order valence-corrected chi connectivity index (χ0v) is 18.5. The molecule has 1 aliphatic rings. The first-order chi connectivity index (χ1) is 15.5. The molecule has 164 valence electrons. The van der Waals surface area contributed by atoms with Crippen LogP contribution in [0.3, 0.4) is 0 Å². The van der Waals surface area contributed by atoms with Crippen molar-refractivity contribution in [3.05, 3.63) is 66.1 Å². The molecule has 1 amide bonds. The van der Waals surface area contributed by atoms with Crippen molar-refractivity contribution >= 4 is 23.0 Å². The molecule has 32 heavy (non-hydrogen) atoms. The van der Waals surface area contributed by atoms with Crippen molar-refractivity contribution in [3.8, 4) is 11.5 Å². The third-order valence-corrected chi connectivity index (χ3v) is 6.40. The van der Waals surface area contributed by atoms with Crippen LogP contribution >= 0.6 is 0 Å². The second-order valence-electron chi connectivity index (χ2n) is 8.46. The van der Waals surface area contributed by atoms with Crippen molar-refractivity contribution in [1.29, 1.82) is 0 Å². The van der Waals surface area contributed by atoms with Crippen molar-refractivity contribution < 1.29 is 13.6 Å². The van der Waals surface area contributed by atoms with Crippen LogP contribution in [0.25, 0.3) is 22.6 Å². The Morgan fingerprint density at radius 1 is 1.09 bits per heavy atom. The van der Waals surface area contributed by atoms with Gasteiger partial charge in [-0.15, -0.1) is 0 Å². The van der Waals surface area contributed by atoms with Crippen LogP contribution in [0.4, 0.5) is 6.01 Å². The number of nitrogens with zero attached hydrogens (tertiary/aromatic N) is 4. The number of carbonyl (C=O) groups is 1. The minimum Gasteiger partial charge on any atom is -0.445 e. The topological polar surface area (TPSA) is 75.6 Å². The predicted molar refractivity (Wildman–Crippen MR) is 123 cm³/mol. The Labute approximate surface area is 186 Å². The lowest BCUT2D eigenvalue weighted by Crippen LogP contribution is -2.42. The molecule has 2 aromatic carbocycles. The van der Waals surface area contributed by atoms with E-state index < -0.39 is 0 Å². The van der Waals surface area contributed by atoms with Gasteiger partial charge in [0.05, 0.1) is 11.8 Å². The molecule has 7 nitrogen and oxygen atoms in total. The first-order valence-corrected chi connectivity index (χ1v) is 10.9. The lowest BCUT2D eigenvalue weighted by molar-refractivity contribution is 0.0671. The van der Waals surface area contributed by atoms with Gasteiger partial charge in [0, 0.05) is 31.2 Å². The Hall–Kier alpha value is -3.61. The number of hydrogen-bond acceptors (Lipinski definition) is 6. The van der Waals surface area contributed by atoms with Crippen LogP contribution < -0.4 is 4.90 Å². The summed E-state index contributed by atoms with van der Waals surface area (Å²) in [7, 11) is 0. The monoisotopic (exact) mass is 430 g/mol. The first kappa shape index (κ1) is 20.3. The van der Waals surface area contributed by atoms with Gasteiger partial charge in [0.1, 0.15) is 11.8 Å². The molecule has 1 fully saturated rings. The van der Waals surface area contributed by atoms with E-state index in [4.69, 9.17) is 13.8 Å². The molecule has 0 radical (unpaired) electrons. The van der Waals surface area contributed by atoms with Gasteiger partial charge in [-0.05, 0) is 43.5 Å². The number of hydrogen-bond donors (Lipinski definition) is 0. The van der Waals surface area contributed by atoms with E-state index in [1.54, 1.807) is 6.20 Å². The molecule has 7 heteroatoms. The predicted octanol–water partition coefficient (Wildman–Crippen LogP) is 4.78. The number of benzene rings is 2. The fourth-order valence-electron chi connectivity index (χ4n) is 4.37. The molecule has 0 bridgehead atoms. The highest BCUT2D eigenvalue weighted by Crippen LogP contribution is 2.29. The average Bonchev–Trinajstić information content (AvgIpc) is 3.46. The van der Waals surface area contributed by atoms with E-state index in [-0.39, 0.29) is 17.9 Å². The van der Waals surface area contributed by atoms with Gasteiger partial charge in [0.25, 0.3) is 11.9 Å². The van der Waals surface area contributed by atoms with Crippen LogP contribution in [0.2, 0.25) is 0 Å². The van der Waals surface area contributed by atoms with Gasteiger partial charge in [0.2, 0.25) is 5.89 Å². The summed E-state index contributed by atoms with van der Waals surface area (Å²) in [4.78, 5) is 26.7. The Balaban J connectivity index is 1.43. The summed E-state index contributed by atoms with van der Waals surface area (Å²) in [6, 6.07) is 14.1. The molecule has 2 unspecified atom stereocenters. The lowest BCUT2D eigenvalue weighted by atomic mass is 10.00. The quantitative estimate of drug-likeness (QED) is 0.466. The summed E-state index contributed by atoms with van der Waals surface area (Å²) in [6.45, 7) is 8.29. The van der Waals surface area contributed by atoms with Crippen LogP contribution in [0.1, 0.15) is 29.8 Å². The maximum Gasteiger partial charge on any atom is 0.298 e. The molecule has 2 atom stereocenters. The van der Waals surface area contributed by atoms with E-state index >= 15 is 0 Å². The van der Waals surface area contributed by atoms with Crippen LogP contribution in [0.5, 0.6) is 0 Å². The SMILES string of the molecule is Cc1cccc2oc(N3CCN(C(=O)c4ccccc4-c4ncco4)C(C)C(C)C3)nc12. The minimum atomic E-state index is -0.0200. The average molecular weight is 431 g/mol. The number of para-hydroxylation sites is 1. The summed E-state index contributed by atoms with van der Waals surface area (Å²) < 4.78 is 11.5. The molecule has 0 spiro atoms. The van der Waals surface area contributed by atoms with Gasteiger partial charge in [-0.3, -0.25) is 4.79 Å². The number of amides is 1. The zero-order chi connectivity index (χ0) is 22.2. The third kappa shape index (κ3) is 3.53. The van der Waals surface area contributed by atoms with Gasteiger partial charge >= 0.3 is 0 Å². The van der Waals surface area contributed by atoms with Crippen molar-refractivity contribution in [2.24, 2.45) is 5.92 Å². The fourth-order valence-corrected chi connectivity index (χ4v) is 4.37. The largest absolute Gasteiger partial charge is 0.445 e. The van der Waals surface area contributed by atoms with Gasteiger partial charge < -0.3 is 18.6 Å².